The van der Waals surface area contributed by atoms with Crippen LogP contribution >= 0.6 is 11.3 Å². The molecule has 10 rings (SSSR count). The number of benzene rings is 6. The van der Waals surface area contributed by atoms with Crippen LogP contribution in [0.2, 0.25) is 0 Å². The van der Waals surface area contributed by atoms with Crippen molar-refractivity contribution in [2.45, 2.75) is 118 Å². The van der Waals surface area contributed by atoms with E-state index in [1.807, 2.05) is 11.3 Å². The third-order valence-corrected chi connectivity index (χ3v) is 14.9. The summed E-state index contributed by atoms with van der Waals surface area (Å²) >= 11 is 2.00. The Morgan fingerprint density at radius 2 is 1.20 bits per heavy atom. The molecule has 0 atom stereocenters. The molecule has 4 heteroatoms. The molecular formula is C56H59BN2S. The zero-order valence-electron chi connectivity index (χ0n) is 37.3. The number of rotatable bonds is 5. The summed E-state index contributed by atoms with van der Waals surface area (Å²) < 4.78 is 2.78. The third-order valence-electron chi connectivity index (χ3n) is 13.7. The normalized spacial score (nSPS) is 14.8. The van der Waals surface area contributed by atoms with Gasteiger partial charge in [-0.1, -0.05) is 130 Å². The molecule has 0 spiro atoms. The van der Waals surface area contributed by atoms with Crippen molar-refractivity contribution in [3.8, 4) is 11.1 Å². The molecular weight excluding hydrogens is 744 g/mol. The molecule has 1 aliphatic carbocycles. The van der Waals surface area contributed by atoms with Crippen molar-refractivity contribution < 1.29 is 0 Å². The topological polar surface area (TPSA) is 6.48 Å². The Labute approximate surface area is 363 Å². The van der Waals surface area contributed by atoms with Gasteiger partial charge in [-0.3, -0.25) is 0 Å². The first-order chi connectivity index (χ1) is 28.7. The van der Waals surface area contributed by atoms with Crippen LogP contribution in [0.5, 0.6) is 0 Å². The first-order valence-corrected chi connectivity index (χ1v) is 23.3. The Kier molecular flexibility index (Phi) is 9.30. The third kappa shape index (κ3) is 6.35. The monoisotopic (exact) mass is 802 g/mol. The highest BCUT2D eigenvalue weighted by Gasteiger charge is 2.45. The van der Waals surface area contributed by atoms with Crippen LogP contribution in [0.15, 0.2) is 115 Å². The maximum Gasteiger partial charge on any atom is 0.264 e. The molecule has 0 bridgehead atoms. The SMILES string of the molecule is CC(C)c1ccc(N2c3cccc4c3B(c3cc(C(C)C)ccc3N4c3ccc(C(C)(C)C)cc3-c3ccc4c(c3)CCCC4)c3sc4ccc(C(C)(C)C)cc4c32)cc1. The van der Waals surface area contributed by atoms with Gasteiger partial charge >= 0.3 is 0 Å². The number of anilines is 6. The summed E-state index contributed by atoms with van der Waals surface area (Å²) in [6.45, 7) is 23.4. The Bertz CT molecular complexity index is 2810. The molecule has 2 aliphatic heterocycles. The van der Waals surface area contributed by atoms with E-state index in [2.05, 4.69) is 194 Å². The van der Waals surface area contributed by atoms with E-state index in [1.54, 1.807) is 0 Å². The summed E-state index contributed by atoms with van der Waals surface area (Å²) in [4.78, 5) is 5.24. The highest BCUT2D eigenvalue weighted by Crippen LogP contribution is 2.50. The molecule has 0 saturated carbocycles. The molecule has 3 heterocycles. The number of nitrogens with zero attached hydrogens (tertiary/aromatic N) is 2. The van der Waals surface area contributed by atoms with E-state index < -0.39 is 0 Å². The number of thiophene rings is 1. The van der Waals surface area contributed by atoms with Gasteiger partial charge in [0.2, 0.25) is 0 Å². The molecule has 6 aromatic carbocycles. The highest BCUT2D eigenvalue weighted by molar-refractivity contribution is 7.33. The van der Waals surface area contributed by atoms with Gasteiger partial charge in [-0.15, -0.1) is 11.3 Å². The molecule has 1 aromatic heterocycles. The van der Waals surface area contributed by atoms with Crippen molar-refractivity contribution in [3.63, 3.8) is 0 Å². The average molecular weight is 803 g/mol. The molecule has 7 aromatic rings. The van der Waals surface area contributed by atoms with Crippen molar-refractivity contribution in [1.82, 2.24) is 0 Å². The summed E-state index contributed by atoms with van der Waals surface area (Å²) in [5.74, 6) is 0.878. The minimum absolute atomic E-state index is 0.0144. The summed E-state index contributed by atoms with van der Waals surface area (Å²) in [5.41, 5.74) is 21.6. The van der Waals surface area contributed by atoms with E-state index in [0.29, 0.717) is 11.8 Å². The van der Waals surface area contributed by atoms with Crippen LogP contribution in [0.4, 0.5) is 34.1 Å². The summed E-state index contributed by atoms with van der Waals surface area (Å²) in [7, 11) is 0. The molecule has 302 valence electrons. The minimum Gasteiger partial charge on any atom is -0.311 e. The lowest BCUT2D eigenvalue weighted by Gasteiger charge is -2.44. The minimum atomic E-state index is 0.0144. The predicted octanol–water partition coefficient (Wildman–Crippen LogP) is 14.4. The van der Waals surface area contributed by atoms with Gasteiger partial charge in [-0.25, -0.2) is 0 Å². The molecule has 2 nitrogen and oxygen atoms in total. The molecule has 60 heavy (non-hydrogen) atoms. The highest BCUT2D eigenvalue weighted by atomic mass is 32.1. The predicted molar refractivity (Wildman–Crippen MR) is 264 cm³/mol. The van der Waals surface area contributed by atoms with Crippen molar-refractivity contribution in [1.29, 1.82) is 0 Å². The second-order valence-electron chi connectivity index (χ2n) is 20.5. The average Bonchev–Trinajstić information content (AvgIpc) is 3.61. The lowest BCUT2D eigenvalue weighted by Crippen LogP contribution is -2.60. The number of hydrogen-bond acceptors (Lipinski definition) is 3. The maximum atomic E-state index is 2.63. The Hall–Kier alpha value is -5.06. The fourth-order valence-electron chi connectivity index (χ4n) is 10.1. The van der Waals surface area contributed by atoms with Crippen molar-refractivity contribution in [2.75, 3.05) is 9.80 Å². The zero-order valence-corrected chi connectivity index (χ0v) is 38.1. The van der Waals surface area contributed by atoms with Crippen LogP contribution in [0.1, 0.15) is 127 Å². The van der Waals surface area contributed by atoms with Gasteiger partial charge in [0, 0.05) is 43.2 Å². The lowest BCUT2D eigenvalue weighted by atomic mass is 9.36. The van der Waals surface area contributed by atoms with Gasteiger partial charge in [-0.2, -0.15) is 0 Å². The number of hydrogen-bond donors (Lipinski definition) is 0. The van der Waals surface area contributed by atoms with E-state index >= 15 is 0 Å². The molecule has 0 fully saturated rings. The van der Waals surface area contributed by atoms with Crippen LogP contribution in [-0.4, -0.2) is 6.71 Å². The summed E-state index contributed by atoms with van der Waals surface area (Å²) in [5, 5.41) is 1.35. The standard InChI is InChI=1S/C56H59BN2S/c1-34(2)36-20-25-43(26-21-36)58-49-16-13-17-50-52(49)57(54-53(58)45-33-42(56(8,9)10)24-29-51(45)60-54)46-31-38(35(3)4)22-27-48(46)59(50)47-28-23-41(55(5,6)7)32-44(47)40-19-18-37-14-11-12-15-39(37)30-40/h13,16-35H,11-12,14-15H2,1-10H3. The Morgan fingerprint density at radius 1 is 0.567 bits per heavy atom. The fourth-order valence-corrected chi connectivity index (χ4v) is 11.4. The summed E-state index contributed by atoms with van der Waals surface area (Å²) in [6, 6.07) is 45.8. The van der Waals surface area contributed by atoms with Crippen molar-refractivity contribution in [2.24, 2.45) is 0 Å². The van der Waals surface area contributed by atoms with Gasteiger partial charge in [0.25, 0.3) is 6.71 Å². The summed E-state index contributed by atoms with van der Waals surface area (Å²) in [6.07, 6.45) is 4.92. The molecule has 0 saturated heterocycles. The first-order valence-electron chi connectivity index (χ1n) is 22.5. The first kappa shape index (κ1) is 39.1. The lowest BCUT2D eigenvalue weighted by molar-refractivity contribution is 0.590. The molecule has 0 amide bonds. The van der Waals surface area contributed by atoms with Crippen LogP contribution in [-0.2, 0) is 23.7 Å². The molecule has 3 aliphatic rings. The number of fused-ring (bicyclic) bond motifs is 7. The number of aryl methyl sites for hydroxylation is 2. The van der Waals surface area contributed by atoms with Gasteiger partial charge < -0.3 is 9.80 Å². The van der Waals surface area contributed by atoms with Crippen LogP contribution in [0.25, 0.3) is 21.2 Å². The maximum absolute atomic E-state index is 2.63. The van der Waals surface area contributed by atoms with Gasteiger partial charge in [0.05, 0.1) is 11.4 Å². The smallest absolute Gasteiger partial charge is 0.264 e. The Balaban J connectivity index is 1.28. The second-order valence-corrected chi connectivity index (χ2v) is 21.6. The van der Waals surface area contributed by atoms with Crippen molar-refractivity contribution in [3.05, 3.63) is 149 Å². The fraction of sp³-hybridized carbons (Fsp3) is 0.321. The van der Waals surface area contributed by atoms with E-state index in [-0.39, 0.29) is 17.5 Å². The second kappa shape index (κ2) is 14.3. The zero-order chi connectivity index (χ0) is 41.8. The van der Waals surface area contributed by atoms with Gasteiger partial charge in [-0.05, 0) is 153 Å². The van der Waals surface area contributed by atoms with Gasteiger partial charge in [0.15, 0.2) is 0 Å². The Morgan fingerprint density at radius 3 is 1.90 bits per heavy atom. The largest absolute Gasteiger partial charge is 0.311 e. The van der Waals surface area contributed by atoms with E-state index in [9.17, 15) is 0 Å². The van der Waals surface area contributed by atoms with Gasteiger partial charge in [0.1, 0.15) is 0 Å². The van der Waals surface area contributed by atoms with Crippen LogP contribution in [0.3, 0.4) is 0 Å². The van der Waals surface area contributed by atoms with Crippen LogP contribution in [0, 0.1) is 0 Å². The molecule has 0 unspecified atom stereocenters. The van der Waals surface area contributed by atoms with E-state index in [1.165, 1.54) is 130 Å². The van der Waals surface area contributed by atoms with E-state index in [4.69, 9.17) is 0 Å². The van der Waals surface area contributed by atoms with Crippen LogP contribution < -0.4 is 25.5 Å². The quantitative estimate of drug-likeness (QED) is 0.160. The molecule has 0 N–H and O–H groups in total. The molecule has 0 radical (unpaired) electrons. The van der Waals surface area contributed by atoms with Crippen molar-refractivity contribution >= 4 is 78.0 Å². The van der Waals surface area contributed by atoms with E-state index in [0.717, 1.165) is 0 Å².